The zero-order valence-electron chi connectivity index (χ0n) is 9.87. The molecule has 1 aliphatic rings. The Morgan fingerprint density at radius 3 is 2.94 bits per heavy atom. The summed E-state index contributed by atoms with van der Waals surface area (Å²) in [6.45, 7) is 0.592. The third-order valence-electron chi connectivity index (χ3n) is 3.25. The zero-order chi connectivity index (χ0) is 12.4. The summed E-state index contributed by atoms with van der Waals surface area (Å²) in [6, 6.07) is 8.00. The number of nitrogens with zero attached hydrogens (tertiary/aromatic N) is 1. The minimum Gasteiger partial charge on any atom is -0.352 e. The minimum atomic E-state index is 0.171. The number of carbonyl (C=O) groups is 1. The molecule has 3 rings (SSSR count). The molecule has 1 fully saturated rings. The van der Waals surface area contributed by atoms with Crippen LogP contribution in [0.3, 0.4) is 0 Å². The highest BCUT2D eigenvalue weighted by atomic mass is 32.1. The smallest absolute Gasteiger partial charge is 0.224 e. The number of hydrogen-bond acceptors (Lipinski definition) is 3. The molecule has 0 spiro atoms. The van der Waals surface area contributed by atoms with Crippen LogP contribution in [0.5, 0.6) is 0 Å². The van der Waals surface area contributed by atoms with Crippen molar-refractivity contribution < 1.29 is 4.79 Å². The molecule has 1 N–H and O–H groups in total. The normalized spacial score (nSPS) is 21.6. The first-order valence-electron chi connectivity index (χ1n) is 6.04. The third kappa shape index (κ3) is 2.43. The lowest BCUT2D eigenvalue weighted by Crippen LogP contribution is -2.24. The fourth-order valence-corrected chi connectivity index (χ4v) is 3.03. The van der Waals surface area contributed by atoms with E-state index in [-0.39, 0.29) is 11.8 Å². The molecule has 2 atom stereocenters. The molecule has 18 heavy (non-hydrogen) atoms. The fourth-order valence-electron chi connectivity index (χ4n) is 2.12. The molecule has 4 heteroatoms. The van der Waals surface area contributed by atoms with Gasteiger partial charge in [-0.3, -0.25) is 9.78 Å². The molecule has 0 bridgehead atoms. The molecular formula is C14H14N2OS. The average Bonchev–Trinajstić information content (AvgIpc) is 3.03. The summed E-state index contributed by atoms with van der Waals surface area (Å²) in [6.07, 6.45) is 4.48. The van der Waals surface area contributed by atoms with Crippen LogP contribution in [0.25, 0.3) is 0 Å². The highest BCUT2D eigenvalue weighted by Crippen LogP contribution is 2.49. The van der Waals surface area contributed by atoms with Gasteiger partial charge < -0.3 is 5.32 Å². The second kappa shape index (κ2) is 4.90. The van der Waals surface area contributed by atoms with E-state index in [1.165, 1.54) is 4.88 Å². The summed E-state index contributed by atoms with van der Waals surface area (Å²) in [5, 5.41) is 5.06. The molecule has 1 saturated carbocycles. The zero-order valence-corrected chi connectivity index (χ0v) is 10.7. The van der Waals surface area contributed by atoms with Crippen molar-refractivity contribution in [2.24, 2.45) is 5.92 Å². The molecule has 0 radical (unpaired) electrons. The van der Waals surface area contributed by atoms with Crippen molar-refractivity contribution in [2.45, 2.75) is 18.9 Å². The van der Waals surface area contributed by atoms with E-state index in [1.807, 2.05) is 18.2 Å². The van der Waals surface area contributed by atoms with Crippen LogP contribution < -0.4 is 5.32 Å². The molecule has 1 aliphatic carbocycles. The Labute approximate surface area is 110 Å². The minimum absolute atomic E-state index is 0.171. The van der Waals surface area contributed by atoms with Gasteiger partial charge in [-0.1, -0.05) is 6.07 Å². The van der Waals surface area contributed by atoms with Gasteiger partial charge in [-0.2, -0.15) is 0 Å². The first kappa shape index (κ1) is 11.4. The second-order valence-electron chi connectivity index (χ2n) is 4.54. The topological polar surface area (TPSA) is 42.0 Å². The van der Waals surface area contributed by atoms with Crippen molar-refractivity contribution in [3.05, 3.63) is 52.5 Å². The van der Waals surface area contributed by atoms with Crippen LogP contribution in [0, 0.1) is 5.92 Å². The van der Waals surface area contributed by atoms with E-state index in [4.69, 9.17) is 0 Å². The number of pyridine rings is 1. The first-order valence-corrected chi connectivity index (χ1v) is 6.92. The van der Waals surface area contributed by atoms with Gasteiger partial charge in [-0.05, 0) is 35.6 Å². The lowest BCUT2D eigenvalue weighted by molar-refractivity contribution is -0.122. The van der Waals surface area contributed by atoms with Crippen molar-refractivity contribution >= 4 is 17.2 Å². The largest absolute Gasteiger partial charge is 0.352 e. The number of aromatic nitrogens is 1. The van der Waals surface area contributed by atoms with Gasteiger partial charge in [0.15, 0.2) is 0 Å². The molecule has 2 aromatic rings. The van der Waals surface area contributed by atoms with E-state index in [9.17, 15) is 4.79 Å². The summed E-state index contributed by atoms with van der Waals surface area (Å²) < 4.78 is 0. The van der Waals surface area contributed by atoms with Crippen molar-refractivity contribution in [1.29, 1.82) is 0 Å². The fraction of sp³-hybridized carbons (Fsp3) is 0.286. The Morgan fingerprint density at radius 1 is 1.39 bits per heavy atom. The Balaban J connectivity index is 1.52. The van der Waals surface area contributed by atoms with Gasteiger partial charge in [0.05, 0.1) is 0 Å². The lowest BCUT2D eigenvalue weighted by Gasteiger charge is -2.04. The van der Waals surface area contributed by atoms with E-state index < -0.39 is 0 Å². The molecule has 92 valence electrons. The van der Waals surface area contributed by atoms with Crippen LogP contribution >= 0.6 is 11.3 Å². The van der Waals surface area contributed by atoms with Crippen molar-refractivity contribution in [2.75, 3.05) is 0 Å². The van der Waals surface area contributed by atoms with Gasteiger partial charge in [-0.25, -0.2) is 0 Å². The van der Waals surface area contributed by atoms with Gasteiger partial charge in [0.2, 0.25) is 5.91 Å². The molecule has 3 nitrogen and oxygen atoms in total. The monoisotopic (exact) mass is 258 g/mol. The van der Waals surface area contributed by atoms with Crippen LogP contribution in [-0.4, -0.2) is 10.9 Å². The van der Waals surface area contributed by atoms with Crippen LogP contribution in [0.1, 0.15) is 22.8 Å². The van der Waals surface area contributed by atoms with E-state index in [0.29, 0.717) is 12.5 Å². The molecule has 1 amide bonds. The average molecular weight is 258 g/mol. The summed E-state index contributed by atoms with van der Waals surface area (Å²) in [4.78, 5) is 17.2. The van der Waals surface area contributed by atoms with E-state index in [2.05, 4.69) is 21.7 Å². The van der Waals surface area contributed by atoms with E-state index >= 15 is 0 Å². The summed E-state index contributed by atoms with van der Waals surface area (Å²) >= 11 is 1.74. The lowest BCUT2D eigenvalue weighted by atomic mass is 10.2. The Bertz CT molecular complexity index is 524. The maximum atomic E-state index is 12.0. The molecular weight excluding hydrogens is 244 g/mol. The number of carbonyl (C=O) groups excluding carboxylic acids is 1. The number of rotatable bonds is 4. The van der Waals surface area contributed by atoms with Crippen molar-refractivity contribution in [3.63, 3.8) is 0 Å². The standard InChI is InChI=1S/C14H14N2OS/c17-14(16-9-10-3-5-15-6-4-10)12-8-11(12)13-2-1-7-18-13/h1-7,11-12H,8-9H2,(H,16,17). The highest BCUT2D eigenvalue weighted by molar-refractivity contribution is 7.10. The first-order chi connectivity index (χ1) is 8.84. The maximum Gasteiger partial charge on any atom is 0.224 e. The number of nitrogens with one attached hydrogen (secondary N) is 1. The van der Waals surface area contributed by atoms with Gasteiger partial charge >= 0.3 is 0 Å². The number of hydrogen-bond donors (Lipinski definition) is 1. The van der Waals surface area contributed by atoms with Crippen LogP contribution in [-0.2, 0) is 11.3 Å². The predicted octanol–water partition coefficient (Wildman–Crippen LogP) is 2.56. The van der Waals surface area contributed by atoms with Crippen LogP contribution in [0.2, 0.25) is 0 Å². The SMILES string of the molecule is O=C(NCc1ccncc1)C1CC1c1cccs1. The molecule has 0 aromatic carbocycles. The van der Waals surface area contributed by atoms with Crippen molar-refractivity contribution in [3.8, 4) is 0 Å². The summed E-state index contributed by atoms with van der Waals surface area (Å²) in [5.41, 5.74) is 1.09. The van der Waals surface area contributed by atoms with Gasteiger partial charge in [0.1, 0.15) is 0 Å². The Hall–Kier alpha value is -1.68. The molecule has 0 aliphatic heterocycles. The molecule has 2 aromatic heterocycles. The summed E-state index contributed by atoms with van der Waals surface area (Å²) in [7, 11) is 0. The highest BCUT2D eigenvalue weighted by Gasteiger charge is 2.44. The molecule has 0 saturated heterocycles. The summed E-state index contributed by atoms with van der Waals surface area (Å²) in [5.74, 6) is 0.790. The second-order valence-corrected chi connectivity index (χ2v) is 5.52. The Morgan fingerprint density at radius 2 is 2.22 bits per heavy atom. The van der Waals surface area contributed by atoms with Crippen molar-refractivity contribution in [1.82, 2.24) is 10.3 Å². The molecule has 2 unspecified atom stereocenters. The number of amides is 1. The van der Waals surface area contributed by atoms with E-state index in [1.54, 1.807) is 23.7 Å². The molecule has 2 heterocycles. The quantitative estimate of drug-likeness (QED) is 0.915. The van der Waals surface area contributed by atoms with Crippen LogP contribution in [0.4, 0.5) is 0 Å². The number of thiophene rings is 1. The van der Waals surface area contributed by atoms with Gasteiger partial charge in [0.25, 0.3) is 0 Å². The van der Waals surface area contributed by atoms with Gasteiger partial charge in [0, 0.05) is 35.7 Å². The van der Waals surface area contributed by atoms with Crippen LogP contribution in [0.15, 0.2) is 42.0 Å². The predicted molar refractivity (Wildman–Crippen MR) is 71.3 cm³/mol. The van der Waals surface area contributed by atoms with E-state index in [0.717, 1.165) is 12.0 Å². The Kier molecular flexibility index (Phi) is 3.11. The maximum absolute atomic E-state index is 12.0. The third-order valence-corrected chi connectivity index (χ3v) is 4.26. The van der Waals surface area contributed by atoms with Gasteiger partial charge in [-0.15, -0.1) is 11.3 Å².